The lowest BCUT2D eigenvalue weighted by Gasteiger charge is -2.04. The summed E-state index contributed by atoms with van der Waals surface area (Å²) >= 11 is 0. The number of hydrogen-bond acceptors (Lipinski definition) is 4. The van der Waals surface area contributed by atoms with Crippen molar-refractivity contribution in [1.29, 1.82) is 0 Å². The Balaban J connectivity index is 2.41. The van der Waals surface area contributed by atoms with E-state index in [9.17, 15) is 4.79 Å². The fraction of sp³-hybridized carbons (Fsp3) is 0.500. The predicted octanol–water partition coefficient (Wildman–Crippen LogP) is -0.112. The standard InChI is InChI=1S/C6H11N5O2/c1-3-13-9-6(12)8-5-4-7-10-11(5)2/h4H,3H2,1-2H3,(H2,8,9,12). The van der Waals surface area contributed by atoms with Gasteiger partial charge in [-0.05, 0) is 6.92 Å². The highest BCUT2D eigenvalue weighted by atomic mass is 16.7. The molecule has 2 amide bonds. The number of carbonyl (C=O) groups is 1. The van der Waals surface area contributed by atoms with Crippen LogP contribution >= 0.6 is 0 Å². The van der Waals surface area contributed by atoms with Gasteiger partial charge in [-0.1, -0.05) is 5.21 Å². The van der Waals surface area contributed by atoms with Gasteiger partial charge in [-0.2, -0.15) is 0 Å². The van der Waals surface area contributed by atoms with Gasteiger partial charge >= 0.3 is 6.03 Å². The van der Waals surface area contributed by atoms with E-state index in [1.54, 1.807) is 14.0 Å². The van der Waals surface area contributed by atoms with Crippen LogP contribution in [0.2, 0.25) is 0 Å². The molecule has 0 aromatic carbocycles. The first kappa shape index (κ1) is 9.46. The molecule has 1 heterocycles. The van der Waals surface area contributed by atoms with E-state index in [2.05, 4.69) is 25.9 Å². The van der Waals surface area contributed by atoms with Crippen molar-refractivity contribution >= 4 is 11.8 Å². The van der Waals surface area contributed by atoms with Crippen LogP contribution in [0.15, 0.2) is 6.20 Å². The Morgan fingerprint density at radius 3 is 3.08 bits per heavy atom. The molecule has 0 saturated heterocycles. The zero-order valence-corrected chi connectivity index (χ0v) is 7.44. The minimum absolute atomic E-state index is 0.414. The van der Waals surface area contributed by atoms with Crippen molar-refractivity contribution in [3.63, 3.8) is 0 Å². The Kier molecular flexibility index (Phi) is 3.21. The van der Waals surface area contributed by atoms with Crippen LogP contribution in [0.1, 0.15) is 6.92 Å². The fourth-order valence-electron chi connectivity index (χ4n) is 0.682. The minimum atomic E-state index is -0.452. The van der Waals surface area contributed by atoms with Crippen molar-refractivity contribution in [3.05, 3.63) is 6.20 Å². The van der Waals surface area contributed by atoms with Gasteiger partial charge in [0.2, 0.25) is 0 Å². The smallest absolute Gasteiger partial charge is 0.289 e. The maximum atomic E-state index is 11.0. The second-order valence-electron chi connectivity index (χ2n) is 2.23. The lowest BCUT2D eigenvalue weighted by Crippen LogP contribution is -2.29. The number of urea groups is 1. The Morgan fingerprint density at radius 1 is 1.77 bits per heavy atom. The largest absolute Gasteiger partial charge is 0.344 e. The van der Waals surface area contributed by atoms with Crippen LogP contribution in [0.4, 0.5) is 10.6 Å². The third-order valence-corrected chi connectivity index (χ3v) is 1.27. The highest BCUT2D eigenvalue weighted by Crippen LogP contribution is 1.99. The molecular weight excluding hydrogens is 174 g/mol. The summed E-state index contributed by atoms with van der Waals surface area (Å²) in [4.78, 5) is 15.7. The van der Waals surface area contributed by atoms with Crippen LogP contribution in [-0.2, 0) is 11.9 Å². The summed E-state index contributed by atoms with van der Waals surface area (Å²) in [5, 5.41) is 9.71. The van der Waals surface area contributed by atoms with Crippen LogP contribution in [0.3, 0.4) is 0 Å². The van der Waals surface area contributed by atoms with E-state index in [4.69, 9.17) is 0 Å². The molecular formula is C6H11N5O2. The van der Waals surface area contributed by atoms with Crippen molar-refractivity contribution in [1.82, 2.24) is 20.5 Å². The molecule has 0 saturated carbocycles. The molecule has 0 unspecified atom stereocenters. The molecule has 72 valence electrons. The van der Waals surface area contributed by atoms with Gasteiger partial charge in [-0.15, -0.1) is 5.10 Å². The summed E-state index contributed by atoms with van der Waals surface area (Å²) in [7, 11) is 1.67. The van der Waals surface area contributed by atoms with Gasteiger partial charge in [-0.25, -0.2) is 15.0 Å². The van der Waals surface area contributed by atoms with Crippen LogP contribution in [0, 0.1) is 0 Å². The van der Waals surface area contributed by atoms with E-state index in [1.165, 1.54) is 10.9 Å². The van der Waals surface area contributed by atoms with Crippen molar-refractivity contribution < 1.29 is 9.63 Å². The fourth-order valence-corrected chi connectivity index (χ4v) is 0.682. The predicted molar refractivity (Wildman–Crippen MR) is 44.8 cm³/mol. The topological polar surface area (TPSA) is 81.1 Å². The molecule has 7 heteroatoms. The van der Waals surface area contributed by atoms with Crippen molar-refractivity contribution in [2.75, 3.05) is 11.9 Å². The second-order valence-corrected chi connectivity index (χ2v) is 2.23. The van der Waals surface area contributed by atoms with Gasteiger partial charge in [0.15, 0.2) is 5.82 Å². The third-order valence-electron chi connectivity index (χ3n) is 1.27. The highest BCUT2D eigenvalue weighted by molar-refractivity contribution is 5.87. The van der Waals surface area contributed by atoms with Gasteiger partial charge in [0.1, 0.15) is 0 Å². The Hall–Kier alpha value is -1.63. The van der Waals surface area contributed by atoms with E-state index in [1.807, 2.05) is 0 Å². The maximum Gasteiger partial charge on any atom is 0.344 e. The molecule has 0 radical (unpaired) electrons. The molecule has 13 heavy (non-hydrogen) atoms. The summed E-state index contributed by atoms with van der Waals surface area (Å²) in [5.41, 5.74) is 2.18. The van der Waals surface area contributed by atoms with E-state index < -0.39 is 6.03 Å². The first-order valence-corrected chi connectivity index (χ1v) is 3.77. The van der Waals surface area contributed by atoms with Gasteiger partial charge in [0.25, 0.3) is 0 Å². The number of aromatic nitrogens is 3. The van der Waals surface area contributed by atoms with Gasteiger partial charge < -0.3 is 0 Å². The molecule has 0 aliphatic heterocycles. The zero-order valence-electron chi connectivity index (χ0n) is 7.44. The highest BCUT2D eigenvalue weighted by Gasteiger charge is 2.04. The lowest BCUT2D eigenvalue weighted by atomic mass is 10.7. The molecule has 0 atom stereocenters. The average molecular weight is 185 g/mol. The van der Waals surface area contributed by atoms with E-state index in [0.29, 0.717) is 12.4 Å². The van der Waals surface area contributed by atoms with Crippen LogP contribution < -0.4 is 10.8 Å². The van der Waals surface area contributed by atoms with Gasteiger partial charge in [0.05, 0.1) is 12.8 Å². The van der Waals surface area contributed by atoms with Crippen molar-refractivity contribution in [2.45, 2.75) is 6.92 Å². The third kappa shape index (κ3) is 2.71. The number of aryl methyl sites for hydroxylation is 1. The van der Waals surface area contributed by atoms with Crippen LogP contribution in [-0.4, -0.2) is 27.6 Å². The first-order valence-electron chi connectivity index (χ1n) is 3.77. The summed E-state index contributed by atoms with van der Waals surface area (Å²) in [5.74, 6) is 0.497. The van der Waals surface area contributed by atoms with Crippen molar-refractivity contribution in [2.24, 2.45) is 7.05 Å². The molecule has 0 aliphatic carbocycles. The number of nitrogens with one attached hydrogen (secondary N) is 2. The molecule has 1 aromatic heterocycles. The number of nitrogens with zero attached hydrogens (tertiary/aromatic N) is 3. The van der Waals surface area contributed by atoms with Crippen molar-refractivity contribution in [3.8, 4) is 0 Å². The normalized spacial score (nSPS) is 9.69. The lowest BCUT2D eigenvalue weighted by molar-refractivity contribution is 0.0758. The monoisotopic (exact) mass is 185 g/mol. The van der Waals surface area contributed by atoms with Crippen LogP contribution in [0.5, 0.6) is 0 Å². The Bertz CT molecular complexity index is 284. The number of carbonyl (C=O) groups excluding carboxylic acids is 1. The SMILES string of the molecule is CCONC(=O)Nc1cnnn1C. The van der Waals surface area contributed by atoms with Crippen LogP contribution in [0.25, 0.3) is 0 Å². The minimum Gasteiger partial charge on any atom is -0.289 e. The Morgan fingerprint density at radius 2 is 2.54 bits per heavy atom. The molecule has 0 fully saturated rings. The number of amides is 2. The molecule has 0 spiro atoms. The summed E-state index contributed by atoms with van der Waals surface area (Å²) in [6, 6.07) is -0.452. The number of rotatable bonds is 3. The molecule has 2 N–H and O–H groups in total. The molecule has 1 rings (SSSR count). The average Bonchev–Trinajstić information content (AvgIpc) is 2.48. The molecule has 0 aliphatic rings. The van der Waals surface area contributed by atoms with Gasteiger partial charge in [0, 0.05) is 7.05 Å². The second kappa shape index (κ2) is 4.41. The molecule has 7 nitrogen and oxygen atoms in total. The Labute approximate surface area is 75.0 Å². The first-order chi connectivity index (χ1) is 6.24. The number of hydrogen-bond donors (Lipinski definition) is 2. The molecule has 0 bridgehead atoms. The quantitative estimate of drug-likeness (QED) is 0.644. The molecule has 1 aromatic rings. The summed E-state index contributed by atoms with van der Waals surface area (Å²) in [6.45, 7) is 2.18. The number of anilines is 1. The number of hydroxylamine groups is 1. The summed E-state index contributed by atoms with van der Waals surface area (Å²) < 4.78 is 1.44. The maximum absolute atomic E-state index is 11.0. The van der Waals surface area contributed by atoms with E-state index in [-0.39, 0.29) is 0 Å². The van der Waals surface area contributed by atoms with Gasteiger partial charge in [-0.3, -0.25) is 10.2 Å². The van der Waals surface area contributed by atoms with E-state index >= 15 is 0 Å². The zero-order chi connectivity index (χ0) is 9.68. The summed E-state index contributed by atoms with van der Waals surface area (Å²) in [6.07, 6.45) is 1.44. The van der Waals surface area contributed by atoms with E-state index in [0.717, 1.165) is 0 Å².